The van der Waals surface area contributed by atoms with Gasteiger partial charge in [-0.15, -0.1) is 0 Å². The molecule has 2 heterocycles. The van der Waals surface area contributed by atoms with Gasteiger partial charge in [0.1, 0.15) is 0 Å². The van der Waals surface area contributed by atoms with Gasteiger partial charge < -0.3 is 14.2 Å². The fourth-order valence-corrected chi connectivity index (χ4v) is 3.70. The summed E-state index contributed by atoms with van der Waals surface area (Å²) in [7, 11) is 4.82. The van der Waals surface area contributed by atoms with E-state index in [0.717, 1.165) is 17.3 Å². The summed E-state index contributed by atoms with van der Waals surface area (Å²) in [6.45, 7) is 12.1. The molecule has 0 aromatic carbocycles. The maximum Gasteiger partial charge on any atom is 0.497 e. The third-order valence-corrected chi connectivity index (χ3v) is 6.03. The van der Waals surface area contributed by atoms with Gasteiger partial charge in [-0.05, 0) is 40.0 Å². The maximum absolute atomic E-state index is 11.6. The van der Waals surface area contributed by atoms with Crippen LogP contribution in [0.2, 0.25) is 0 Å². The van der Waals surface area contributed by atoms with Crippen molar-refractivity contribution in [1.29, 1.82) is 0 Å². The highest BCUT2D eigenvalue weighted by atomic mass is 127. The molecule has 0 radical (unpaired) electrons. The Morgan fingerprint density at radius 2 is 1.76 bits per heavy atom. The molecule has 1 aliphatic rings. The Hall–Kier alpha value is -0.445. The van der Waals surface area contributed by atoms with E-state index in [0.29, 0.717) is 5.69 Å². The van der Waals surface area contributed by atoms with Gasteiger partial charge in [-0.1, -0.05) is 13.8 Å². The molecule has 1 aliphatic heterocycles. The molecule has 1 fully saturated rings. The molecule has 0 bridgehead atoms. The molecule has 0 atom stereocenters. The predicted octanol–water partition coefficient (Wildman–Crippen LogP) is 4.71. The monoisotopic (exact) mass is 478 g/mol. The molecule has 0 unspecified atom stereocenters. The first kappa shape index (κ1) is 22.6. The topological polar surface area (TPSA) is 43.7 Å². The predicted molar refractivity (Wildman–Crippen MR) is 116 cm³/mol. The highest BCUT2D eigenvalue weighted by Crippen LogP contribution is 2.41. The second-order valence-electron chi connectivity index (χ2n) is 6.76. The van der Waals surface area contributed by atoms with Gasteiger partial charge in [0.05, 0.1) is 16.9 Å². The molecule has 5 nitrogen and oxygen atoms in total. The van der Waals surface area contributed by atoms with Gasteiger partial charge in [0.15, 0.2) is 6.29 Å². The molecule has 0 N–H and O–H groups in total. The summed E-state index contributed by atoms with van der Waals surface area (Å²) in [5.41, 5.74) is 1.43. The number of carbonyl (C=O) groups is 1. The smallest absolute Gasteiger partial charge is 0.399 e. The number of halogens is 1. The van der Waals surface area contributed by atoms with Gasteiger partial charge in [0.25, 0.3) is 0 Å². The Morgan fingerprint density at radius 1 is 1.24 bits per heavy atom. The van der Waals surface area contributed by atoms with E-state index in [-0.39, 0.29) is 0 Å². The van der Waals surface area contributed by atoms with Crippen molar-refractivity contribution in [1.82, 2.24) is 8.87 Å². The summed E-state index contributed by atoms with van der Waals surface area (Å²) < 4.78 is 14.2. The third-order valence-electron chi connectivity index (χ3n) is 4.29. The molecular weight excluding hydrogens is 450 g/mol. The molecule has 140 valence electrons. The van der Waals surface area contributed by atoms with Gasteiger partial charge in [0.2, 0.25) is 0 Å². The minimum atomic E-state index is -0.517. The average Bonchev–Trinajstić information content (AvgIpc) is 3.04. The average molecular weight is 478 g/mol. The molecule has 0 aliphatic carbocycles. The zero-order valence-electron chi connectivity index (χ0n) is 16.3. The van der Waals surface area contributed by atoms with Gasteiger partial charge >= 0.3 is 7.12 Å². The highest BCUT2D eigenvalue weighted by molar-refractivity contribution is 14.2. The second kappa shape index (κ2) is 8.97. The molecule has 25 heavy (non-hydrogen) atoms. The molecule has 8 heteroatoms. The summed E-state index contributed by atoms with van der Waals surface area (Å²) in [5.74, 6) is 0. The Kier molecular flexibility index (Phi) is 8.11. The normalized spacial score (nSPS) is 18.6. The molecule has 0 saturated carbocycles. The van der Waals surface area contributed by atoms with Crippen molar-refractivity contribution in [2.45, 2.75) is 52.7 Å². The lowest BCUT2D eigenvalue weighted by molar-refractivity contribution is 0.00578. The second-order valence-corrected chi connectivity index (χ2v) is 8.48. The Balaban J connectivity index is 0.00000151. The number of rotatable bonds is 5. The van der Waals surface area contributed by atoms with E-state index < -0.39 is 18.3 Å². The fraction of sp³-hybridized carbons (Fsp3) is 0.588. The van der Waals surface area contributed by atoms with Crippen molar-refractivity contribution in [3.05, 3.63) is 29.7 Å². The van der Waals surface area contributed by atoms with Gasteiger partial charge in [-0.3, -0.25) is 8.77 Å². The van der Waals surface area contributed by atoms with E-state index in [1.807, 2.05) is 83.0 Å². The fourth-order valence-electron chi connectivity index (χ4n) is 2.35. The molecule has 1 aromatic heterocycles. The minimum absolute atomic E-state index is 0.426. The summed E-state index contributed by atoms with van der Waals surface area (Å²) in [4.78, 5) is 13.5. The minimum Gasteiger partial charge on any atom is -0.399 e. The van der Waals surface area contributed by atoms with Crippen LogP contribution in [0.25, 0.3) is 5.47 Å². The van der Waals surface area contributed by atoms with Crippen LogP contribution >= 0.6 is 30.3 Å². The van der Waals surface area contributed by atoms with Crippen LogP contribution in [-0.2, 0) is 9.31 Å². The molecule has 0 amide bonds. The van der Waals surface area contributed by atoms with Crippen molar-refractivity contribution in [2.24, 2.45) is 0 Å². The van der Waals surface area contributed by atoms with Gasteiger partial charge in [-0.25, -0.2) is 0 Å². The van der Waals surface area contributed by atoms with Crippen LogP contribution in [0.1, 0.15) is 57.6 Å². The van der Waals surface area contributed by atoms with E-state index in [1.54, 1.807) is 0 Å². The number of nitrogens with zero attached hydrogens (tertiary/aromatic N) is 2. The van der Waals surface area contributed by atoms with Crippen molar-refractivity contribution >= 4 is 49.2 Å². The van der Waals surface area contributed by atoms with E-state index in [2.05, 4.69) is 21.2 Å². The lowest BCUT2D eigenvalue weighted by Crippen LogP contribution is -2.41. The molecule has 2 rings (SSSR count). The molecule has 0 spiro atoms. The zero-order chi connectivity index (χ0) is 19.4. The van der Waals surface area contributed by atoms with Crippen LogP contribution in [0.3, 0.4) is 0 Å². The van der Waals surface area contributed by atoms with Crippen molar-refractivity contribution in [2.75, 3.05) is 14.1 Å². The van der Waals surface area contributed by atoms with E-state index >= 15 is 0 Å². The number of hydrogen-bond donors (Lipinski definition) is 0. The van der Waals surface area contributed by atoms with Crippen LogP contribution in [0.5, 0.6) is 0 Å². The third kappa shape index (κ3) is 4.84. The number of hydrogen-bond acceptors (Lipinski definition) is 5. The molecule has 1 aromatic rings. The van der Waals surface area contributed by atoms with Crippen LogP contribution in [0.4, 0.5) is 0 Å². The van der Waals surface area contributed by atoms with Gasteiger partial charge in [-0.2, -0.15) is 0 Å². The number of aldehydes is 1. The van der Waals surface area contributed by atoms with Crippen LogP contribution in [-0.4, -0.2) is 47.6 Å². The van der Waals surface area contributed by atoms with E-state index in [1.165, 1.54) is 9.12 Å². The lowest BCUT2D eigenvalue weighted by Gasteiger charge is -2.32. The van der Waals surface area contributed by atoms with Gasteiger partial charge in [0, 0.05) is 61.7 Å². The Morgan fingerprint density at radius 3 is 2.16 bits per heavy atom. The van der Waals surface area contributed by atoms with Crippen LogP contribution in [0.15, 0.2) is 18.5 Å². The molecular formula is C17H28BIN2O3S. The zero-order valence-corrected chi connectivity index (χ0v) is 19.3. The van der Waals surface area contributed by atoms with Crippen LogP contribution in [0, 0.1) is 0 Å². The van der Waals surface area contributed by atoms with E-state index in [4.69, 9.17) is 9.31 Å². The summed E-state index contributed by atoms with van der Waals surface area (Å²) in [5, 5.41) is 0. The largest absolute Gasteiger partial charge is 0.497 e. The van der Waals surface area contributed by atoms with Crippen molar-refractivity contribution in [3.8, 4) is 0 Å². The van der Waals surface area contributed by atoms with Crippen LogP contribution < -0.4 is 0 Å². The first-order valence-electron chi connectivity index (χ1n) is 8.32. The number of aromatic nitrogens is 1. The summed E-state index contributed by atoms with van der Waals surface area (Å²) in [6.07, 6.45) is 4.70. The first-order valence-corrected chi connectivity index (χ1v) is 11.6. The Bertz CT molecular complexity index is 613. The SMILES string of the molecule is CC.CN(C)/C=C(/B1OC(C)(C)C(C)(C)O1)c1ccn(SI)c1C=O. The maximum atomic E-state index is 11.6. The lowest BCUT2D eigenvalue weighted by atomic mass is 9.74. The van der Waals surface area contributed by atoms with Crippen molar-refractivity contribution in [3.63, 3.8) is 0 Å². The summed E-state index contributed by atoms with van der Waals surface area (Å²) >= 11 is 2.15. The highest BCUT2D eigenvalue weighted by Gasteiger charge is 2.53. The standard InChI is InChI=1S/C15H22BIN2O3S.C2H6/c1-14(2)15(3,4)22-16(21-14)12(9-18(5)6)11-7-8-19(23-17)13(11)10-20;1-2/h7-10H,1-6H3;1-2H3/b12-9+;. The molecule has 1 saturated heterocycles. The first-order chi connectivity index (χ1) is 11.6. The Labute approximate surface area is 168 Å². The quantitative estimate of drug-likeness (QED) is 0.349. The number of carbonyl (C=O) groups excluding carboxylic acids is 1. The van der Waals surface area contributed by atoms with Crippen molar-refractivity contribution < 1.29 is 14.1 Å². The summed E-state index contributed by atoms with van der Waals surface area (Å²) in [6, 6.07) is 1.93. The van der Waals surface area contributed by atoms with E-state index in [9.17, 15) is 4.79 Å².